The van der Waals surface area contributed by atoms with E-state index in [1.165, 1.54) is 10.4 Å². The molecule has 0 unspecified atom stereocenters. The van der Waals surface area contributed by atoms with Gasteiger partial charge in [-0.15, -0.1) is 11.3 Å². The van der Waals surface area contributed by atoms with Gasteiger partial charge in [0.25, 0.3) is 0 Å². The third kappa shape index (κ3) is 5.85. The van der Waals surface area contributed by atoms with Crippen LogP contribution in [0.15, 0.2) is 60.1 Å². The van der Waals surface area contributed by atoms with Gasteiger partial charge in [0.05, 0.1) is 11.2 Å². The number of rotatable bonds is 4. The van der Waals surface area contributed by atoms with E-state index >= 15 is 0 Å². The van der Waals surface area contributed by atoms with Crippen LogP contribution < -0.4 is 5.32 Å². The fourth-order valence-electron chi connectivity index (χ4n) is 1.67. The molecule has 1 heterocycles. The van der Waals surface area contributed by atoms with Gasteiger partial charge in [0.15, 0.2) is 0 Å². The molecule has 3 rings (SSSR count). The molecule has 1 N–H and O–H groups in total. The molecule has 0 atom stereocenters. The van der Waals surface area contributed by atoms with Gasteiger partial charge in [-0.05, 0) is 6.92 Å². The zero-order chi connectivity index (χ0) is 13.3. The number of hydrogen-bond acceptors (Lipinski definition) is 3. The predicted octanol–water partition coefficient (Wildman–Crippen LogP) is 3.86. The molecule has 0 saturated heterocycles. The minimum Gasteiger partial charge on any atom is -0.748 e. The van der Waals surface area contributed by atoms with Crippen molar-refractivity contribution >= 4 is 11.3 Å². The number of nitrogens with zero attached hydrogens (tertiary/aromatic N) is 1. The van der Waals surface area contributed by atoms with Gasteiger partial charge < -0.3 is 35.1 Å². The van der Waals surface area contributed by atoms with Crippen molar-refractivity contribution in [1.82, 2.24) is 10.3 Å². The number of aryl methyl sites for hydroxylation is 1. The summed E-state index contributed by atoms with van der Waals surface area (Å²) in [6.45, 7) is 3.90. The van der Waals surface area contributed by atoms with Gasteiger partial charge in [0.2, 0.25) is 0 Å². The largest absolute Gasteiger partial charge is 0.748 e. The topological polar surface area (TPSA) is 24.9 Å². The minimum atomic E-state index is 0. The third-order valence-electron chi connectivity index (χ3n) is 2.75. The van der Waals surface area contributed by atoms with Crippen molar-refractivity contribution in [2.24, 2.45) is 0 Å². The third-order valence-corrected chi connectivity index (χ3v) is 3.68. The van der Waals surface area contributed by atoms with Crippen molar-refractivity contribution in [1.29, 1.82) is 0 Å². The summed E-state index contributed by atoms with van der Waals surface area (Å²) >= 11 is 1.71. The standard InChI is InChI=1S/C11H13N2S.C5H5.Fe/c1-9-11(14-8-13-9)7-12-6-10-4-2-3-5-10;1-2-4-5-3-1;/h2-5,8,12H,6-7H2,1H3;1-5H;/q-5;-1;. The van der Waals surface area contributed by atoms with Crippen molar-refractivity contribution in [2.75, 3.05) is 0 Å². The van der Waals surface area contributed by atoms with Gasteiger partial charge in [-0.1, -0.05) is 0 Å². The second-order valence-corrected chi connectivity index (χ2v) is 5.16. The van der Waals surface area contributed by atoms with Crippen LogP contribution >= 0.6 is 11.3 Å². The van der Waals surface area contributed by atoms with E-state index in [2.05, 4.69) is 41.5 Å². The first-order valence-corrected chi connectivity index (χ1v) is 7.21. The number of hydrogen-bond donors (Lipinski definition) is 1. The molecule has 0 amide bonds. The molecule has 4 heteroatoms. The van der Waals surface area contributed by atoms with Crippen molar-refractivity contribution in [3.8, 4) is 0 Å². The molecule has 3 aromatic rings. The molecular formula is C16H18FeN2S-6. The first-order valence-electron chi connectivity index (χ1n) is 6.33. The van der Waals surface area contributed by atoms with Gasteiger partial charge in [-0.2, -0.15) is 24.7 Å². The summed E-state index contributed by atoms with van der Waals surface area (Å²) in [6.07, 6.45) is 0. The smallest absolute Gasteiger partial charge is 0.0798 e. The maximum absolute atomic E-state index is 4.21. The van der Waals surface area contributed by atoms with Crippen LogP contribution in [-0.4, -0.2) is 4.98 Å². The quantitative estimate of drug-likeness (QED) is 0.582. The Morgan fingerprint density at radius 3 is 2.45 bits per heavy atom. The molecular weight excluding hydrogens is 308 g/mol. The van der Waals surface area contributed by atoms with E-state index in [0.717, 1.165) is 18.8 Å². The molecule has 0 spiro atoms. The molecule has 0 aliphatic heterocycles. The van der Waals surface area contributed by atoms with Gasteiger partial charge in [-0.25, -0.2) is 17.1 Å². The number of nitrogens with one attached hydrogen (secondary N) is 1. The van der Waals surface area contributed by atoms with E-state index in [4.69, 9.17) is 0 Å². The molecule has 0 saturated carbocycles. The zero-order valence-electron chi connectivity index (χ0n) is 11.4. The molecule has 0 aliphatic rings. The Bertz CT molecular complexity index is 524. The molecule has 0 fully saturated rings. The predicted molar refractivity (Wildman–Crippen MR) is 81.5 cm³/mol. The summed E-state index contributed by atoms with van der Waals surface area (Å²) < 4.78 is 0. The van der Waals surface area contributed by atoms with Gasteiger partial charge in [0.1, 0.15) is 0 Å². The molecule has 2 aromatic carbocycles. The Hall–Kier alpha value is -1.19. The van der Waals surface area contributed by atoms with Crippen molar-refractivity contribution in [2.45, 2.75) is 20.0 Å². The molecule has 20 heavy (non-hydrogen) atoms. The van der Waals surface area contributed by atoms with Crippen LogP contribution in [0.1, 0.15) is 16.1 Å². The van der Waals surface area contributed by atoms with Crippen LogP contribution in [0, 0.1) is 6.92 Å². The van der Waals surface area contributed by atoms with Crippen LogP contribution in [0.5, 0.6) is 0 Å². The Labute approximate surface area is 135 Å². The Kier molecular flexibility index (Phi) is 8.16. The average molecular weight is 326 g/mol. The molecule has 2 nitrogen and oxygen atoms in total. The summed E-state index contributed by atoms with van der Waals surface area (Å²) in [5.74, 6) is 0. The molecule has 0 radical (unpaired) electrons. The second-order valence-electron chi connectivity index (χ2n) is 4.22. The van der Waals surface area contributed by atoms with Crippen molar-refractivity contribution in [3.05, 3.63) is 76.2 Å². The van der Waals surface area contributed by atoms with E-state index in [9.17, 15) is 0 Å². The molecule has 1 aromatic heterocycles. The van der Waals surface area contributed by atoms with Gasteiger partial charge >= 0.3 is 0 Å². The first kappa shape index (κ1) is 16.9. The van der Waals surface area contributed by atoms with E-state index in [1.54, 1.807) is 11.3 Å². The van der Waals surface area contributed by atoms with E-state index in [-0.39, 0.29) is 17.1 Å². The van der Waals surface area contributed by atoms with Crippen molar-refractivity contribution in [3.63, 3.8) is 0 Å². The van der Waals surface area contributed by atoms with Crippen molar-refractivity contribution < 1.29 is 17.1 Å². The molecule has 0 bridgehead atoms. The molecule has 0 aliphatic carbocycles. The minimum absolute atomic E-state index is 0. The van der Waals surface area contributed by atoms with E-state index in [0.29, 0.717) is 0 Å². The van der Waals surface area contributed by atoms with Crippen LogP contribution in [0.4, 0.5) is 0 Å². The summed E-state index contributed by atoms with van der Waals surface area (Å²) in [5, 5.41) is 3.40. The maximum atomic E-state index is 4.21. The van der Waals surface area contributed by atoms with E-state index in [1.807, 2.05) is 35.8 Å². The monoisotopic (exact) mass is 326 g/mol. The Morgan fingerprint density at radius 1 is 1.25 bits per heavy atom. The summed E-state index contributed by atoms with van der Waals surface area (Å²) in [5.41, 5.74) is 4.38. The summed E-state index contributed by atoms with van der Waals surface area (Å²) in [7, 11) is 0. The van der Waals surface area contributed by atoms with Crippen LogP contribution in [-0.2, 0) is 30.2 Å². The van der Waals surface area contributed by atoms with Gasteiger partial charge in [-0.3, -0.25) is 0 Å². The summed E-state index contributed by atoms with van der Waals surface area (Å²) in [4.78, 5) is 5.54. The maximum Gasteiger partial charge on any atom is 0.0798 e. The fourth-order valence-corrected chi connectivity index (χ4v) is 2.42. The first-order chi connectivity index (χ1) is 9.36. The number of aromatic nitrogens is 1. The number of thiazole rings is 1. The average Bonchev–Trinajstić information content (AvgIpc) is 3.13. The zero-order valence-corrected chi connectivity index (χ0v) is 13.3. The van der Waals surface area contributed by atoms with Crippen LogP contribution in [0.3, 0.4) is 0 Å². The Morgan fingerprint density at radius 2 is 1.95 bits per heavy atom. The van der Waals surface area contributed by atoms with Crippen LogP contribution in [0.2, 0.25) is 0 Å². The normalized spacial score (nSPS) is 9.45. The Balaban J connectivity index is 0.000000283. The molecule has 112 valence electrons. The fraction of sp³-hybridized carbons (Fsp3) is 0.188. The SMILES string of the molecule is Cc1ncsc1CNC[c-]1[cH-][cH-][cH-][cH-]1.[Fe].c1cc[cH-]c1. The second kappa shape index (κ2) is 9.67. The summed E-state index contributed by atoms with van der Waals surface area (Å²) in [6, 6.07) is 18.4. The van der Waals surface area contributed by atoms with E-state index < -0.39 is 0 Å². The van der Waals surface area contributed by atoms with Crippen LogP contribution in [0.25, 0.3) is 0 Å². The van der Waals surface area contributed by atoms with Gasteiger partial charge in [0, 0.05) is 28.5 Å².